The predicted molar refractivity (Wildman–Crippen MR) is 67.1 cm³/mol. The molecule has 0 saturated heterocycles. The Morgan fingerprint density at radius 3 is 2.74 bits per heavy atom. The van der Waals surface area contributed by atoms with E-state index in [0.717, 1.165) is 11.3 Å². The Hall–Kier alpha value is -2.50. The largest absolute Gasteiger partial charge is 0.469 e. The molecule has 0 N–H and O–H groups in total. The van der Waals surface area contributed by atoms with Gasteiger partial charge in [-0.1, -0.05) is 12.1 Å². The molecule has 2 aromatic rings. The highest BCUT2D eigenvalue weighted by Gasteiger charge is 2.05. The molecule has 0 bridgehead atoms. The summed E-state index contributed by atoms with van der Waals surface area (Å²) in [7, 11) is 1.37. The number of hydrogen-bond acceptors (Lipinski definition) is 5. The van der Waals surface area contributed by atoms with Gasteiger partial charge in [0.15, 0.2) is 6.29 Å². The van der Waals surface area contributed by atoms with Crippen LogP contribution in [-0.4, -0.2) is 34.1 Å². The second kappa shape index (κ2) is 5.90. The monoisotopic (exact) mass is 259 g/mol. The lowest BCUT2D eigenvalue weighted by molar-refractivity contribution is -0.140. The third-order valence-corrected chi connectivity index (χ3v) is 2.74. The predicted octanol–water partition coefficient (Wildman–Crippen LogP) is 1.19. The molecular weight excluding hydrogens is 246 g/mol. The van der Waals surface area contributed by atoms with Gasteiger partial charge < -0.3 is 4.74 Å². The van der Waals surface area contributed by atoms with E-state index in [2.05, 4.69) is 14.9 Å². The number of carbonyl (C=O) groups excluding carboxylic acids is 2. The third kappa shape index (κ3) is 3.04. The number of ether oxygens (including phenoxy) is 1. The number of hydrogen-bond donors (Lipinski definition) is 0. The Kier molecular flexibility index (Phi) is 4.02. The van der Waals surface area contributed by atoms with E-state index in [0.29, 0.717) is 19.1 Å². The first-order valence-electron chi connectivity index (χ1n) is 5.76. The molecule has 0 saturated carbocycles. The van der Waals surface area contributed by atoms with Gasteiger partial charge >= 0.3 is 5.97 Å². The van der Waals surface area contributed by atoms with Crippen molar-refractivity contribution in [3.05, 3.63) is 42.0 Å². The fourth-order valence-corrected chi connectivity index (χ4v) is 1.69. The lowest BCUT2D eigenvalue weighted by Crippen LogP contribution is -2.02. The van der Waals surface area contributed by atoms with Crippen molar-refractivity contribution in [3.63, 3.8) is 0 Å². The minimum atomic E-state index is -0.230. The van der Waals surface area contributed by atoms with Gasteiger partial charge in [0, 0.05) is 12.1 Å². The Labute approximate surface area is 110 Å². The molecule has 0 spiro atoms. The quantitative estimate of drug-likeness (QED) is 0.595. The summed E-state index contributed by atoms with van der Waals surface area (Å²) in [6.45, 7) is 0. The van der Waals surface area contributed by atoms with Crippen molar-refractivity contribution in [3.8, 4) is 5.69 Å². The number of aldehydes is 1. The zero-order valence-electron chi connectivity index (χ0n) is 10.4. The van der Waals surface area contributed by atoms with Crippen LogP contribution in [-0.2, 0) is 16.0 Å². The normalized spacial score (nSPS) is 10.2. The first kappa shape index (κ1) is 12.9. The number of methoxy groups -OCH3 is 1. The van der Waals surface area contributed by atoms with Crippen molar-refractivity contribution in [1.82, 2.24) is 14.8 Å². The van der Waals surface area contributed by atoms with Gasteiger partial charge in [0.05, 0.1) is 7.11 Å². The first-order chi connectivity index (χ1) is 9.24. The van der Waals surface area contributed by atoms with Gasteiger partial charge in [-0.3, -0.25) is 14.2 Å². The SMILES string of the molecule is COC(=O)CCc1ccc(-n2cnnc2C=O)cc1. The van der Waals surface area contributed by atoms with Crippen LogP contribution in [0, 0.1) is 0 Å². The van der Waals surface area contributed by atoms with Crippen LogP contribution in [0.4, 0.5) is 0 Å². The molecule has 0 radical (unpaired) electrons. The van der Waals surface area contributed by atoms with Crippen LogP contribution < -0.4 is 0 Å². The fraction of sp³-hybridized carbons (Fsp3) is 0.231. The lowest BCUT2D eigenvalue weighted by atomic mass is 10.1. The Balaban J connectivity index is 2.10. The Morgan fingerprint density at radius 1 is 1.37 bits per heavy atom. The van der Waals surface area contributed by atoms with Gasteiger partial charge in [0.1, 0.15) is 6.33 Å². The molecule has 6 heteroatoms. The van der Waals surface area contributed by atoms with Crippen LogP contribution in [0.5, 0.6) is 0 Å². The number of benzene rings is 1. The Morgan fingerprint density at radius 2 is 2.11 bits per heavy atom. The molecule has 1 aromatic heterocycles. The maximum atomic E-state index is 11.0. The van der Waals surface area contributed by atoms with Crippen molar-refractivity contribution >= 4 is 12.3 Å². The van der Waals surface area contributed by atoms with Crippen molar-refractivity contribution < 1.29 is 14.3 Å². The number of rotatable bonds is 5. The average Bonchev–Trinajstić information content (AvgIpc) is 2.93. The van der Waals surface area contributed by atoms with E-state index in [-0.39, 0.29) is 11.8 Å². The van der Waals surface area contributed by atoms with E-state index >= 15 is 0 Å². The van der Waals surface area contributed by atoms with Crippen LogP contribution in [0.15, 0.2) is 30.6 Å². The third-order valence-electron chi connectivity index (χ3n) is 2.74. The molecule has 2 rings (SSSR count). The van der Waals surface area contributed by atoms with Gasteiger partial charge in [-0.25, -0.2) is 0 Å². The summed E-state index contributed by atoms with van der Waals surface area (Å²) in [4.78, 5) is 21.8. The molecule has 1 heterocycles. The molecule has 0 amide bonds. The summed E-state index contributed by atoms with van der Waals surface area (Å²) in [5.74, 6) is 0.0217. The summed E-state index contributed by atoms with van der Waals surface area (Å²) in [5, 5.41) is 7.37. The maximum Gasteiger partial charge on any atom is 0.305 e. The summed E-state index contributed by atoms with van der Waals surface area (Å²) in [6, 6.07) is 7.49. The minimum Gasteiger partial charge on any atom is -0.469 e. The van der Waals surface area contributed by atoms with E-state index in [4.69, 9.17) is 0 Å². The Bertz CT molecular complexity index is 575. The minimum absolute atomic E-state index is 0.230. The molecular formula is C13H13N3O3. The summed E-state index contributed by atoms with van der Waals surface area (Å²) in [5.41, 5.74) is 1.82. The van der Waals surface area contributed by atoms with Crippen molar-refractivity contribution in [2.75, 3.05) is 7.11 Å². The number of aryl methyl sites for hydroxylation is 1. The van der Waals surface area contributed by atoms with Gasteiger partial charge in [0.2, 0.25) is 5.82 Å². The van der Waals surface area contributed by atoms with Crippen LogP contribution in [0.1, 0.15) is 22.6 Å². The first-order valence-corrected chi connectivity index (χ1v) is 5.76. The van der Waals surface area contributed by atoms with Crippen molar-refractivity contribution in [2.24, 2.45) is 0 Å². The van der Waals surface area contributed by atoms with Gasteiger partial charge in [0.25, 0.3) is 0 Å². The zero-order valence-corrected chi connectivity index (χ0v) is 10.4. The van der Waals surface area contributed by atoms with Crippen molar-refractivity contribution in [1.29, 1.82) is 0 Å². The number of esters is 1. The second-order valence-electron chi connectivity index (χ2n) is 3.92. The molecule has 1 aromatic carbocycles. The van der Waals surface area contributed by atoms with Gasteiger partial charge in [-0.2, -0.15) is 0 Å². The summed E-state index contributed by atoms with van der Waals surface area (Å²) < 4.78 is 6.18. The van der Waals surface area contributed by atoms with Crippen LogP contribution in [0.3, 0.4) is 0 Å². The molecule has 98 valence electrons. The highest BCUT2D eigenvalue weighted by atomic mass is 16.5. The molecule has 6 nitrogen and oxygen atoms in total. The molecule has 0 aliphatic heterocycles. The number of carbonyl (C=O) groups is 2. The topological polar surface area (TPSA) is 74.1 Å². The van der Waals surface area contributed by atoms with Crippen LogP contribution in [0.25, 0.3) is 5.69 Å². The highest BCUT2D eigenvalue weighted by Crippen LogP contribution is 2.12. The molecule has 19 heavy (non-hydrogen) atoms. The second-order valence-corrected chi connectivity index (χ2v) is 3.92. The number of aromatic nitrogens is 3. The summed E-state index contributed by atoms with van der Waals surface area (Å²) >= 11 is 0. The van der Waals surface area contributed by atoms with E-state index in [1.54, 1.807) is 4.57 Å². The fourth-order valence-electron chi connectivity index (χ4n) is 1.69. The van der Waals surface area contributed by atoms with Crippen LogP contribution in [0.2, 0.25) is 0 Å². The molecule has 0 aliphatic carbocycles. The van der Waals surface area contributed by atoms with E-state index in [1.165, 1.54) is 13.4 Å². The lowest BCUT2D eigenvalue weighted by Gasteiger charge is -2.05. The average molecular weight is 259 g/mol. The standard InChI is InChI=1S/C13H13N3O3/c1-19-13(18)7-4-10-2-5-11(6-3-10)16-9-14-15-12(16)8-17/h2-3,5-6,8-9H,4,7H2,1H3. The number of nitrogens with zero attached hydrogens (tertiary/aromatic N) is 3. The van der Waals surface area contributed by atoms with E-state index in [1.807, 2.05) is 24.3 Å². The molecule has 0 atom stereocenters. The molecule has 0 unspecified atom stereocenters. The highest BCUT2D eigenvalue weighted by molar-refractivity contribution is 5.70. The smallest absolute Gasteiger partial charge is 0.305 e. The maximum absolute atomic E-state index is 11.0. The van der Waals surface area contributed by atoms with Gasteiger partial charge in [-0.05, 0) is 24.1 Å². The molecule has 0 fully saturated rings. The van der Waals surface area contributed by atoms with Crippen LogP contribution >= 0.6 is 0 Å². The van der Waals surface area contributed by atoms with Gasteiger partial charge in [-0.15, -0.1) is 10.2 Å². The summed E-state index contributed by atoms with van der Waals surface area (Å²) in [6.07, 6.45) is 3.10. The molecule has 0 aliphatic rings. The zero-order chi connectivity index (χ0) is 13.7. The van der Waals surface area contributed by atoms with Crippen molar-refractivity contribution in [2.45, 2.75) is 12.8 Å². The van der Waals surface area contributed by atoms with E-state index < -0.39 is 0 Å². The van der Waals surface area contributed by atoms with E-state index in [9.17, 15) is 9.59 Å².